The van der Waals surface area contributed by atoms with E-state index in [-0.39, 0.29) is 10.0 Å². The molecule has 0 bridgehead atoms. The maximum Gasteiger partial charge on any atom is 0.145 e. The predicted molar refractivity (Wildman–Crippen MR) is 52.7 cm³/mol. The van der Waals surface area contributed by atoms with Gasteiger partial charge in [0, 0.05) is 5.56 Å². The lowest BCUT2D eigenvalue weighted by atomic mass is 10.0. The maximum absolute atomic E-state index is 13.4. The first-order chi connectivity index (χ1) is 6.45. The van der Waals surface area contributed by atoms with Gasteiger partial charge >= 0.3 is 0 Å². The van der Waals surface area contributed by atoms with Crippen molar-refractivity contribution in [1.82, 2.24) is 0 Å². The lowest BCUT2D eigenvalue weighted by Crippen LogP contribution is -2.25. The summed E-state index contributed by atoms with van der Waals surface area (Å²) in [6, 6.07) is 1.29. The summed E-state index contributed by atoms with van der Waals surface area (Å²) in [5, 5.41) is 9.14. The highest BCUT2D eigenvalue weighted by Gasteiger charge is 2.22. The molecule has 2 atom stereocenters. The van der Waals surface area contributed by atoms with Crippen LogP contribution in [-0.4, -0.2) is 11.2 Å². The standard InChI is InChI=1S/C9H10BrF2NO/c1-4(14)9(13)7-6(11)3-2-5(10)8(7)12/h2-4,9,14H,13H2,1H3/t4?,9-/m1/s1. The van der Waals surface area contributed by atoms with E-state index in [9.17, 15) is 8.78 Å². The lowest BCUT2D eigenvalue weighted by Gasteiger charge is -2.17. The Morgan fingerprint density at radius 3 is 2.50 bits per heavy atom. The van der Waals surface area contributed by atoms with Gasteiger partial charge in [-0.1, -0.05) is 0 Å². The van der Waals surface area contributed by atoms with Gasteiger partial charge in [-0.3, -0.25) is 0 Å². The van der Waals surface area contributed by atoms with Crippen molar-refractivity contribution in [2.24, 2.45) is 5.73 Å². The highest BCUT2D eigenvalue weighted by Crippen LogP contribution is 2.26. The second-order valence-corrected chi connectivity index (χ2v) is 3.88. The van der Waals surface area contributed by atoms with E-state index >= 15 is 0 Å². The van der Waals surface area contributed by atoms with Gasteiger partial charge in [-0.2, -0.15) is 0 Å². The van der Waals surface area contributed by atoms with Crippen molar-refractivity contribution in [1.29, 1.82) is 0 Å². The molecule has 1 rings (SSSR count). The van der Waals surface area contributed by atoms with E-state index in [0.717, 1.165) is 6.07 Å². The van der Waals surface area contributed by atoms with Crippen LogP contribution >= 0.6 is 15.9 Å². The Balaban J connectivity index is 3.25. The molecule has 0 aromatic heterocycles. The van der Waals surface area contributed by atoms with Crippen LogP contribution < -0.4 is 5.73 Å². The number of aliphatic hydroxyl groups is 1. The van der Waals surface area contributed by atoms with Gasteiger partial charge in [-0.25, -0.2) is 8.78 Å². The molecule has 1 unspecified atom stereocenters. The number of rotatable bonds is 2. The van der Waals surface area contributed by atoms with Crippen LogP contribution in [0.15, 0.2) is 16.6 Å². The van der Waals surface area contributed by atoms with Crippen LogP contribution in [0.25, 0.3) is 0 Å². The minimum Gasteiger partial charge on any atom is -0.391 e. The SMILES string of the molecule is CC(O)[C@@H](N)c1c(F)ccc(Br)c1F. The Morgan fingerprint density at radius 1 is 1.43 bits per heavy atom. The summed E-state index contributed by atoms with van der Waals surface area (Å²) >= 11 is 2.92. The van der Waals surface area contributed by atoms with Crippen LogP contribution in [0.3, 0.4) is 0 Å². The quantitative estimate of drug-likeness (QED) is 0.805. The van der Waals surface area contributed by atoms with Crippen molar-refractivity contribution in [3.05, 3.63) is 33.8 Å². The molecule has 3 N–H and O–H groups in total. The van der Waals surface area contributed by atoms with Crippen molar-refractivity contribution in [2.75, 3.05) is 0 Å². The minimum absolute atomic E-state index is 0.130. The van der Waals surface area contributed by atoms with Crippen LogP contribution in [0.4, 0.5) is 8.78 Å². The van der Waals surface area contributed by atoms with Crippen LogP contribution in [0, 0.1) is 11.6 Å². The summed E-state index contributed by atoms with van der Waals surface area (Å²) in [6.07, 6.45) is -1.01. The smallest absolute Gasteiger partial charge is 0.145 e. The fourth-order valence-corrected chi connectivity index (χ4v) is 1.44. The number of halogens is 3. The van der Waals surface area contributed by atoms with Crippen molar-refractivity contribution in [2.45, 2.75) is 19.1 Å². The molecule has 0 amide bonds. The Labute approximate surface area is 88.9 Å². The molecule has 0 spiro atoms. The van der Waals surface area contributed by atoms with E-state index in [1.165, 1.54) is 13.0 Å². The highest BCUT2D eigenvalue weighted by atomic mass is 79.9. The molecule has 1 aromatic carbocycles. The van der Waals surface area contributed by atoms with Gasteiger partial charge in [0.05, 0.1) is 16.6 Å². The Morgan fingerprint density at radius 2 is 2.00 bits per heavy atom. The van der Waals surface area contributed by atoms with E-state index in [2.05, 4.69) is 15.9 Å². The third kappa shape index (κ3) is 2.10. The third-order valence-electron chi connectivity index (χ3n) is 1.93. The van der Waals surface area contributed by atoms with E-state index in [4.69, 9.17) is 10.8 Å². The molecule has 0 fully saturated rings. The van der Waals surface area contributed by atoms with Crippen molar-refractivity contribution in [3.63, 3.8) is 0 Å². The summed E-state index contributed by atoms with van der Waals surface area (Å²) in [4.78, 5) is 0. The van der Waals surface area contributed by atoms with Crippen LogP contribution in [0.5, 0.6) is 0 Å². The number of benzene rings is 1. The molecular weight excluding hydrogens is 256 g/mol. The number of aliphatic hydroxyl groups excluding tert-OH is 1. The highest BCUT2D eigenvalue weighted by molar-refractivity contribution is 9.10. The van der Waals surface area contributed by atoms with Gasteiger partial charge < -0.3 is 10.8 Å². The van der Waals surface area contributed by atoms with Gasteiger partial charge in [0.1, 0.15) is 11.6 Å². The maximum atomic E-state index is 13.4. The van der Waals surface area contributed by atoms with Crippen LogP contribution in [0.2, 0.25) is 0 Å². The fraction of sp³-hybridized carbons (Fsp3) is 0.333. The summed E-state index contributed by atoms with van der Waals surface area (Å²) in [5.41, 5.74) is 5.16. The molecule has 2 nitrogen and oxygen atoms in total. The van der Waals surface area contributed by atoms with E-state index in [1.807, 2.05) is 0 Å². The first kappa shape index (κ1) is 11.6. The molecule has 0 aliphatic carbocycles. The molecule has 0 saturated carbocycles. The molecule has 14 heavy (non-hydrogen) atoms. The second-order valence-electron chi connectivity index (χ2n) is 3.02. The zero-order valence-corrected chi connectivity index (χ0v) is 9.05. The van der Waals surface area contributed by atoms with Crippen LogP contribution in [0.1, 0.15) is 18.5 Å². The van der Waals surface area contributed by atoms with E-state index < -0.39 is 23.8 Å². The van der Waals surface area contributed by atoms with Crippen molar-refractivity contribution < 1.29 is 13.9 Å². The molecule has 5 heteroatoms. The normalized spacial score (nSPS) is 15.3. The summed E-state index contributed by atoms with van der Waals surface area (Å²) in [6.45, 7) is 1.38. The van der Waals surface area contributed by atoms with Gasteiger partial charge in [0.25, 0.3) is 0 Å². The Kier molecular flexibility index (Phi) is 3.58. The first-order valence-electron chi connectivity index (χ1n) is 4.02. The zero-order chi connectivity index (χ0) is 10.9. The molecule has 0 heterocycles. The topological polar surface area (TPSA) is 46.2 Å². The lowest BCUT2D eigenvalue weighted by molar-refractivity contribution is 0.160. The molecule has 0 aliphatic heterocycles. The average Bonchev–Trinajstić information content (AvgIpc) is 2.12. The van der Waals surface area contributed by atoms with Gasteiger partial charge in [0.2, 0.25) is 0 Å². The molecule has 78 valence electrons. The number of hydrogen-bond acceptors (Lipinski definition) is 2. The predicted octanol–water partition coefficient (Wildman–Crippen LogP) is 2.11. The summed E-state index contributed by atoms with van der Waals surface area (Å²) in [5.74, 6) is -1.52. The second kappa shape index (κ2) is 4.33. The van der Waals surface area contributed by atoms with Gasteiger partial charge in [0.15, 0.2) is 0 Å². The van der Waals surface area contributed by atoms with Crippen molar-refractivity contribution in [3.8, 4) is 0 Å². The number of nitrogens with two attached hydrogens (primary N) is 1. The summed E-state index contributed by atoms with van der Waals surface area (Å²) < 4.78 is 26.7. The van der Waals surface area contributed by atoms with E-state index in [1.54, 1.807) is 0 Å². The molecule has 0 aliphatic rings. The molecular formula is C9H10BrF2NO. The van der Waals surface area contributed by atoms with E-state index in [0.29, 0.717) is 0 Å². The first-order valence-corrected chi connectivity index (χ1v) is 4.81. The van der Waals surface area contributed by atoms with Crippen molar-refractivity contribution >= 4 is 15.9 Å². The van der Waals surface area contributed by atoms with Gasteiger partial charge in [-0.05, 0) is 35.0 Å². The number of hydrogen-bond donors (Lipinski definition) is 2. The Hall–Kier alpha value is -0.520. The van der Waals surface area contributed by atoms with Crippen LogP contribution in [-0.2, 0) is 0 Å². The van der Waals surface area contributed by atoms with Gasteiger partial charge in [-0.15, -0.1) is 0 Å². The Bertz CT molecular complexity index is 344. The largest absolute Gasteiger partial charge is 0.391 e. The molecule has 0 radical (unpaired) electrons. The molecule has 1 aromatic rings. The third-order valence-corrected chi connectivity index (χ3v) is 2.54. The zero-order valence-electron chi connectivity index (χ0n) is 7.47. The monoisotopic (exact) mass is 265 g/mol. The summed E-state index contributed by atoms with van der Waals surface area (Å²) in [7, 11) is 0. The molecule has 0 saturated heterocycles. The average molecular weight is 266 g/mol. The minimum atomic E-state index is -1.06. The fourth-order valence-electron chi connectivity index (χ4n) is 1.09.